The Hall–Kier alpha value is -1.50. The Bertz CT molecular complexity index is 451. The molecule has 0 atom stereocenters. The summed E-state index contributed by atoms with van der Waals surface area (Å²) in [7, 11) is 0. The maximum Gasteiger partial charge on any atom is 0.327 e. The lowest BCUT2D eigenvalue weighted by molar-refractivity contribution is -0.386. The fourth-order valence-electron chi connectivity index (χ4n) is 1.08. The quantitative estimate of drug-likeness (QED) is 0.685. The van der Waals surface area contributed by atoms with Gasteiger partial charge in [-0.1, -0.05) is 22.5 Å². The van der Waals surface area contributed by atoms with Gasteiger partial charge in [0.2, 0.25) is 5.82 Å². The third-order valence-corrected chi connectivity index (χ3v) is 1.96. The smallest absolute Gasteiger partial charge is 0.327 e. The Labute approximate surface area is 98.2 Å². The molecule has 0 aliphatic carbocycles. The molecule has 0 aromatic heterocycles. The molecule has 7 heteroatoms. The van der Waals surface area contributed by atoms with Crippen LogP contribution >= 0.6 is 15.9 Å². The molecule has 0 saturated heterocycles. The second kappa shape index (κ2) is 5.02. The first-order valence-corrected chi connectivity index (χ1v) is 4.91. The third kappa shape index (κ3) is 2.99. The standard InChI is InChI=1S/C9H7BrF2N2O2/c1-5(10)4-13-8-3-6(11)2-7(12)9(8)14(15)16/h2-3,13H,1,4H2. The van der Waals surface area contributed by atoms with Crippen molar-refractivity contribution in [2.45, 2.75) is 0 Å². The number of nitrogens with one attached hydrogen (secondary N) is 1. The van der Waals surface area contributed by atoms with Gasteiger partial charge in [-0.25, -0.2) is 4.39 Å². The number of benzene rings is 1. The molecule has 1 aromatic carbocycles. The van der Waals surface area contributed by atoms with Crippen LogP contribution in [0.3, 0.4) is 0 Å². The summed E-state index contributed by atoms with van der Waals surface area (Å²) in [5, 5.41) is 13.1. The summed E-state index contributed by atoms with van der Waals surface area (Å²) in [5.74, 6) is -2.10. The largest absolute Gasteiger partial charge is 0.375 e. The highest BCUT2D eigenvalue weighted by Crippen LogP contribution is 2.28. The number of nitro groups is 1. The van der Waals surface area contributed by atoms with Crippen LogP contribution in [0.2, 0.25) is 0 Å². The van der Waals surface area contributed by atoms with Crippen LogP contribution in [0, 0.1) is 21.7 Å². The monoisotopic (exact) mass is 292 g/mol. The molecule has 1 rings (SSSR count). The van der Waals surface area contributed by atoms with Crippen molar-refractivity contribution in [3.05, 3.63) is 44.9 Å². The van der Waals surface area contributed by atoms with Crippen molar-refractivity contribution in [1.29, 1.82) is 0 Å². The zero-order valence-electron chi connectivity index (χ0n) is 7.97. The summed E-state index contributed by atoms with van der Waals surface area (Å²) >= 11 is 3.02. The highest BCUT2D eigenvalue weighted by atomic mass is 79.9. The first-order chi connectivity index (χ1) is 7.41. The van der Waals surface area contributed by atoms with Gasteiger partial charge < -0.3 is 5.32 Å². The Morgan fingerprint density at radius 1 is 1.56 bits per heavy atom. The molecule has 0 amide bonds. The van der Waals surface area contributed by atoms with E-state index in [1.54, 1.807) is 0 Å². The SMILES string of the molecule is C=C(Br)CNc1cc(F)cc(F)c1[N+](=O)[O-]. The molecule has 0 heterocycles. The predicted molar refractivity (Wildman–Crippen MR) is 59.6 cm³/mol. The lowest BCUT2D eigenvalue weighted by atomic mass is 10.2. The maximum atomic E-state index is 13.1. The van der Waals surface area contributed by atoms with Crippen LogP contribution in [0.15, 0.2) is 23.2 Å². The van der Waals surface area contributed by atoms with Gasteiger partial charge in [-0.3, -0.25) is 10.1 Å². The van der Waals surface area contributed by atoms with E-state index in [4.69, 9.17) is 0 Å². The second-order valence-corrected chi connectivity index (χ2v) is 4.03. The van der Waals surface area contributed by atoms with Crippen LogP contribution < -0.4 is 5.32 Å². The number of nitro benzene ring substituents is 1. The molecular weight excluding hydrogens is 286 g/mol. The van der Waals surface area contributed by atoms with Crippen molar-refractivity contribution < 1.29 is 13.7 Å². The second-order valence-electron chi connectivity index (χ2n) is 2.91. The molecule has 0 radical (unpaired) electrons. The topological polar surface area (TPSA) is 55.2 Å². The lowest BCUT2D eigenvalue weighted by Crippen LogP contribution is -2.06. The van der Waals surface area contributed by atoms with Crippen molar-refractivity contribution in [2.75, 3.05) is 11.9 Å². The van der Waals surface area contributed by atoms with Crippen LogP contribution in [0.25, 0.3) is 0 Å². The van der Waals surface area contributed by atoms with Gasteiger partial charge in [0.05, 0.1) is 4.92 Å². The fraction of sp³-hybridized carbons (Fsp3) is 0.111. The maximum absolute atomic E-state index is 13.1. The number of nitrogens with zero attached hydrogens (tertiary/aromatic N) is 1. The number of rotatable bonds is 4. The van der Waals surface area contributed by atoms with Crippen LogP contribution in [-0.2, 0) is 0 Å². The summed E-state index contributed by atoms with van der Waals surface area (Å²) in [4.78, 5) is 9.66. The Balaban J connectivity index is 3.13. The van der Waals surface area contributed by atoms with Gasteiger partial charge in [0.1, 0.15) is 11.5 Å². The van der Waals surface area contributed by atoms with Gasteiger partial charge in [-0.15, -0.1) is 0 Å². The van der Waals surface area contributed by atoms with Crippen molar-refractivity contribution in [2.24, 2.45) is 0 Å². The van der Waals surface area contributed by atoms with E-state index in [1.807, 2.05) is 0 Å². The molecule has 1 aromatic rings. The fourth-order valence-corrected chi connectivity index (χ4v) is 1.22. The normalized spacial score (nSPS) is 9.94. The average Bonchev–Trinajstić information content (AvgIpc) is 2.12. The molecule has 0 spiro atoms. The zero-order valence-corrected chi connectivity index (χ0v) is 9.55. The van der Waals surface area contributed by atoms with Crippen molar-refractivity contribution in [3.8, 4) is 0 Å². The minimum Gasteiger partial charge on any atom is -0.375 e. The van der Waals surface area contributed by atoms with Crippen molar-refractivity contribution in [1.82, 2.24) is 0 Å². The number of halogens is 3. The number of hydrogen-bond donors (Lipinski definition) is 1. The molecule has 0 unspecified atom stereocenters. The third-order valence-electron chi connectivity index (χ3n) is 1.68. The predicted octanol–water partition coefficient (Wildman–Crippen LogP) is 3.19. The van der Waals surface area contributed by atoms with Crippen molar-refractivity contribution in [3.63, 3.8) is 0 Å². The summed E-state index contributed by atoms with van der Waals surface area (Å²) in [6.45, 7) is 3.62. The summed E-state index contributed by atoms with van der Waals surface area (Å²) in [6.07, 6.45) is 0. The number of hydrogen-bond acceptors (Lipinski definition) is 3. The van der Waals surface area contributed by atoms with Crippen LogP contribution in [0.1, 0.15) is 0 Å². The van der Waals surface area contributed by atoms with E-state index < -0.39 is 22.2 Å². The zero-order chi connectivity index (χ0) is 12.3. The van der Waals surface area contributed by atoms with Gasteiger partial charge in [0, 0.05) is 23.2 Å². The minimum absolute atomic E-state index is 0.129. The van der Waals surface area contributed by atoms with Gasteiger partial charge in [0.25, 0.3) is 0 Å². The molecule has 0 saturated carbocycles. The van der Waals surface area contributed by atoms with E-state index in [0.29, 0.717) is 10.5 Å². The van der Waals surface area contributed by atoms with Gasteiger partial charge in [-0.2, -0.15) is 4.39 Å². The van der Waals surface area contributed by atoms with Gasteiger partial charge in [0.15, 0.2) is 0 Å². The molecule has 0 bridgehead atoms. The lowest BCUT2D eigenvalue weighted by Gasteiger charge is -2.06. The minimum atomic E-state index is -1.22. The Morgan fingerprint density at radius 2 is 2.19 bits per heavy atom. The van der Waals surface area contributed by atoms with E-state index in [2.05, 4.69) is 27.8 Å². The van der Waals surface area contributed by atoms with Crippen LogP contribution in [0.5, 0.6) is 0 Å². The average molecular weight is 293 g/mol. The Morgan fingerprint density at radius 3 is 2.69 bits per heavy atom. The van der Waals surface area contributed by atoms with Gasteiger partial charge >= 0.3 is 5.69 Å². The summed E-state index contributed by atoms with van der Waals surface area (Å²) in [6, 6.07) is 1.32. The molecular formula is C9H7BrF2N2O2. The molecule has 1 N–H and O–H groups in total. The van der Waals surface area contributed by atoms with Crippen LogP contribution in [0.4, 0.5) is 20.2 Å². The Kier molecular flexibility index (Phi) is 3.94. The highest BCUT2D eigenvalue weighted by Gasteiger charge is 2.21. The number of anilines is 1. The van der Waals surface area contributed by atoms with E-state index in [1.165, 1.54) is 0 Å². The first-order valence-electron chi connectivity index (χ1n) is 4.12. The van der Waals surface area contributed by atoms with E-state index >= 15 is 0 Å². The molecule has 0 aliphatic rings. The summed E-state index contributed by atoms with van der Waals surface area (Å²) < 4.78 is 26.5. The first kappa shape index (κ1) is 12.6. The van der Waals surface area contributed by atoms with E-state index in [9.17, 15) is 18.9 Å². The van der Waals surface area contributed by atoms with E-state index in [0.717, 1.165) is 6.07 Å². The van der Waals surface area contributed by atoms with Crippen molar-refractivity contribution >= 4 is 27.3 Å². The van der Waals surface area contributed by atoms with E-state index in [-0.39, 0.29) is 12.2 Å². The summed E-state index contributed by atoms with van der Waals surface area (Å²) in [5.41, 5.74) is -1.00. The molecule has 86 valence electrons. The molecule has 0 fully saturated rings. The van der Waals surface area contributed by atoms with Crippen LogP contribution in [-0.4, -0.2) is 11.5 Å². The molecule has 4 nitrogen and oxygen atoms in total. The van der Waals surface area contributed by atoms with Gasteiger partial charge in [-0.05, 0) is 0 Å². The molecule has 0 aliphatic heterocycles. The highest BCUT2D eigenvalue weighted by molar-refractivity contribution is 9.11. The molecule has 16 heavy (non-hydrogen) atoms.